The van der Waals surface area contributed by atoms with Crippen LogP contribution in [0.3, 0.4) is 0 Å². The minimum absolute atomic E-state index is 0.340. The van der Waals surface area contributed by atoms with E-state index in [0.717, 1.165) is 5.56 Å². The molecule has 0 bridgehead atoms. The quantitative estimate of drug-likeness (QED) is 0.887. The fraction of sp³-hybridized carbons (Fsp3) is 0.286. The van der Waals surface area contributed by atoms with E-state index >= 15 is 0 Å². The van der Waals surface area contributed by atoms with Gasteiger partial charge in [-0.25, -0.2) is 4.98 Å². The van der Waals surface area contributed by atoms with Gasteiger partial charge in [-0.15, -0.1) is 0 Å². The number of aromatic nitrogens is 2. The smallest absolute Gasteiger partial charge is 0.219 e. The number of hydrogen-bond donors (Lipinski definition) is 1. The van der Waals surface area contributed by atoms with Gasteiger partial charge in [0, 0.05) is 25.2 Å². The Morgan fingerprint density at radius 1 is 1.15 bits per heavy atom. The Bertz CT molecular complexity index is 561. The summed E-state index contributed by atoms with van der Waals surface area (Å²) in [5.74, 6) is 1.77. The van der Waals surface area contributed by atoms with Crippen molar-refractivity contribution < 1.29 is 9.47 Å². The van der Waals surface area contributed by atoms with Crippen molar-refractivity contribution in [3.05, 3.63) is 46.7 Å². The summed E-state index contributed by atoms with van der Waals surface area (Å²) in [6.07, 6.45) is 0. The third-order valence-corrected chi connectivity index (χ3v) is 2.83. The highest BCUT2D eigenvalue weighted by atomic mass is 35.5. The Labute approximate surface area is 122 Å². The SMILES string of the molecule is CNc1cc(OCc2ccc(Cl)cc2)nc(COC)n1. The summed E-state index contributed by atoms with van der Waals surface area (Å²) in [6, 6.07) is 9.23. The molecule has 0 spiro atoms. The molecule has 5 nitrogen and oxygen atoms in total. The van der Waals surface area contributed by atoms with Crippen molar-refractivity contribution in [1.82, 2.24) is 9.97 Å². The average Bonchev–Trinajstić information content (AvgIpc) is 2.47. The predicted molar refractivity (Wildman–Crippen MR) is 78.1 cm³/mol. The van der Waals surface area contributed by atoms with Crippen LogP contribution in [-0.4, -0.2) is 24.1 Å². The zero-order valence-electron chi connectivity index (χ0n) is 11.4. The van der Waals surface area contributed by atoms with E-state index in [1.54, 1.807) is 20.2 Å². The summed E-state index contributed by atoms with van der Waals surface area (Å²) < 4.78 is 10.7. The molecule has 0 amide bonds. The van der Waals surface area contributed by atoms with Crippen LogP contribution < -0.4 is 10.1 Å². The van der Waals surface area contributed by atoms with Crippen LogP contribution in [0.25, 0.3) is 0 Å². The lowest BCUT2D eigenvalue weighted by Crippen LogP contribution is -2.05. The van der Waals surface area contributed by atoms with Gasteiger partial charge in [-0.3, -0.25) is 0 Å². The van der Waals surface area contributed by atoms with Gasteiger partial charge in [-0.1, -0.05) is 23.7 Å². The number of ether oxygens (including phenoxy) is 2. The molecular weight excluding hydrogens is 278 g/mol. The van der Waals surface area contributed by atoms with E-state index in [1.807, 2.05) is 24.3 Å². The molecule has 0 aliphatic heterocycles. The standard InChI is InChI=1S/C14H16ClN3O2/c1-16-12-7-14(18-13(17-12)9-19-2)20-8-10-3-5-11(15)6-4-10/h3-7H,8-9H2,1-2H3,(H,16,17,18). The van der Waals surface area contributed by atoms with E-state index < -0.39 is 0 Å². The number of anilines is 1. The van der Waals surface area contributed by atoms with Crippen LogP contribution in [0, 0.1) is 0 Å². The topological polar surface area (TPSA) is 56.3 Å². The Morgan fingerprint density at radius 3 is 2.55 bits per heavy atom. The Kier molecular flexibility index (Phi) is 5.15. The molecule has 106 valence electrons. The zero-order chi connectivity index (χ0) is 14.4. The molecule has 6 heteroatoms. The number of rotatable bonds is 6. The minimum atomic E-state index is 0.340. The first-order valence-corrected chi connectivity index (χ1v) is 6.51. The van der Waals surface area contributed by atoms with Crippen LogP contribution in [0.2, 0.25) is 5.02 Å². The lowest BCUT2D eigenvalue weighted by molar-refractivity contribution is 0.176. The second kappa shape index (κ2) is 7.07. The maximum atomic E-state index is 5.84. The van der Waals surface area contributed by atoms with Gasteiger partial charge in [-0.05, 0) is 17.7 Å². The predicted octanol–water partition coefficient (Wildman–Crippen LogP) is 2.90. The summed E-state index contributed by atoms with van der Waals surface area (Å²) in [5, 5.41) is 3.67. The molecule has 0 unspecified atom stereocenters. The number of benzene rings is 1. The van der Waals surface area contributed by atoms with Crippen molar-refractivity contribution >= 4 is 17.4 Å². The number of nitrogens with one attached hydrogen (secondary N) is 1. The molecule has 1 aromatic heterocycles. The summed E-state index contributed by atoms with van der Waals surface area (Å²) in [5.41, 5.74) is 1.02. The fourth-order valence-corrected chi connectivity index (χ4v) is 1.73. The van der Waals surface area contributed by atoms with E-state index in [1.165, 1.54) is 0 Å². The first kappa shape index (κ1) is 14.6. The van der Waals surface area contributed by atoms with Crippen LogP contribution >= 0.6 is 11.6 Å². The van der Waals surface area contributed by atoms with Crippen molar-refractivity contribution in [2.24, 2.45) is 0 Å². The van der Waals surface area contributed by atoms with E-state index in [-0.39, 0.29) is 0 Å². The first-order chi connectivity index (χ1) is 9.71. The fourth-order valence-electron chi connectivity index (χ4n) is 1.61. The van der Waals surface area contributed by atoms with Gasteiger partial charge in [0.05, 0.1) is 0 Å². The van der Waals surface area contributed by atoms with E-state index in [2.05, 4.69) is 15.3 Å². The van der Waals surface area contributed by atoms with Crippen molar-refractivity contribution in [3.8, 4) is 5.88 Å². The summed E-state index contributed by atoms with van der Waals surface area (Å²) in [4.78, 5) is 8.54. The molecular formula is C14H16ClN3O2. The van der Waals surface area contributed by atoms with Gasteiger partial charge in [0.1, 0.15) is 19.0 Å². The summed E-state index contributed by atoms with van der Waals surface area (Å²) >= 11 is 5.84. The highest BCUT2D eigenvalue weighted by molar-refractivity contribution is 6.30. The van der Waals surface area contributed by atoms with Crippen molar-refractivity contribution in [1.29, 1.82) is 0 Å². The van der Waals surface area contributed by atoms with Crippen LogP contribution in [0.4, 0.5) is 5.82 Å². The largest absolute Gasteiger partial charge is 0.473 e. The van der Waals surface area contributed by atoms with Gasteiger partial charge in [0.15, 0.2) is 5.82 Å². The Balaban J connectivity index is 2.07. The number of hydrogen-bond acceptors (Lipinski definition) is 5. The number of halogens is 1. The normalized spacial score (nSPS) is 10.3. The number of nitrogens with zero attached hydrogens (tertiary/aromatic N) is 2. The van der Waals surface area contributed by atoms with E-state index in [4.69, 9.17) is 21.1 Å². The third kappa shape index (κ3) is 4.08. The average molecular weight is 294 g/mol. The molecule has 0 aliphatic carbocycles. The molecule has 1 N–H and O–H groups in total. The first-order valence-electron chi connectivity index (χ1n) is 6.13. The van der Waals surface area contributed by atoms with E-state index in [9.17, 15) is 0 Å². The second-order valence-electron chi connectivity index (χ2n) is 4.11. The van der Waals surface area contributed by atoms with Crippen LogP contribution in [0.1, 0.15) is 11.4 Å². The minimum Gasteiger partial charge on any atom is -0.473 e. The molecule has 0 saturated heterocycles. The third-order valence-electron chi connectivity index (χ3n) is 2.58. The molecule has 0 saturated carbocycles. The highest BCUT2D eigenvalue weighted by Gasteiger charge is 2.05. The van der Waals surface area contributed by atoms with Crippen LogP contribution in [-0.2, 0) is 18.0 Å². The molecule has 0 fully saturated rings. The molecule has 20 heavy (non-hydrogen) atoms. The monoisotopic (exact) mass is 293 g/mol. The molecule has 1 heterocycles. The Morgan fingerprint density at radius 2 is 1.90 bits per heavy atom. The summed E-state index contributed by atoms with van der Waals surface area (Å²) in [6.45, 7) is 0.760. The van der Waals surface area contributed by atoms with Crippen LogP contribution in [0.15, 0.2) is 30.3 Å². The maximum absolute atomic E-state index is 5.84. The van der Waals surface area contributed by atoms with Crippen molar-refractivity contribution in [2.45, 2.75) is 13.2 Å². The van der Waals surface area contributed by atoms with Gasteiger partial charge in [0.25, 0.3) is 0 Å². The molecule has 2 rings (SSSR count). The second-order valence-corrected chi connectivity index (χ2v) is 4.54. The molecule has 0 atom stereocenters. The van der Waals surface area contributed by atoms with Gasteiger partial charge < -0.3 is 14.8 Å². The molecule has 0 aliphatic rings. The number of methoxy groups -OCH3 is 1. The molecule has 1 aromatic carbocycles. The van der Waals surface area contributed by atoms with Crippen molar-refractivity contribution in [3.63, 3.8) is 0 Å². The van der Waals surface area contributed by atoms with Gasteiger partial charge in [-0.2, -0.15) is 4.98 Å². The Hall–Kier alpha value is -1.85. The lowest BCUT2D eigenvalue weighted by Gasteiger charge is -2.09. The molecule has 0 radical (unpaired) electrons. The zero-order valence-corrected chi connectivity index (χ0v) is 12.1. The van der Waals surface area contributed by atoms with Crippen LogP contribution in [0.5, 0.6) is 5.88 Å². The highest BCUT2D eigenvalue weighted by Crippen LogP contribution is 2.16. The van der Waals surface area contributed by atoms with Gasteiger partial charge in [0.2, 0.25) is 5.88 Å². The lowest BCUT2D eigenvalue weighted by atomic mass is 10.2. The molecule has 2 aromatic rings. The van der Waals surface area contributed by atoms with Gasteiger partial charge >= 0.3 is 0 Å². The maximum Gasteiger partial charge on any atom is 0.219 e. The van der Waals surface area contributed by atoms with Crippen molar-refractivity contribution in [2.75, 3.05) is 19.5 Å². The van der Waals surface area contributed by atoms with E-state index in [0.29, 0.717) is 35.8 Å². The summed E-state index contributed by atoms with van der Waals surface area (Å²) in [7, 11) is 3.39.